The molecule has 1 aromatic heterocycles. The lowest BCUT2D eigenvalue weighted by Crippen LogP contribution is -2.39. The first-order valence-corrected chi connectivity index (χ1v) is 11.3. The van der Waals surface area contributed by atoms with E-state index in [1.54, 1.807) is 0 Å². The normalized spacial score (nSPS) is 19.6. The van der Waals surface area contributed by atoms with Gasteiger partial charge in [-0.15, -0.1) is 0 Å². The fourth-order valence-electron chi connectivity index (χ4n) is 3.88. The highest BCUT2D eigenvalue weighted by molar-refractivity contribution is 5.94. The van der Waals surface area contributed by atoms with Crippen LogP contribution in [-0.2, 0) is 24.3 Å². The van der Waals surface area contributed by atoms with Gasteiger partial charge in [-0.05, 0) is 56.3 Å². The summed E-state index contributed by atoms with van der Waals surface area (Å²) in [5.74, 6) is 0.460. The smallest absolute Gasteiger partial charge is 0.349 e. The van der Waals surface area contributed by atoms with E-state index in [9.17, 15) is 31.1 Å². The van der Waals surface area contributed by atoms with E-state index in [1.165, 1.54) is 0 Å². The van der Waals surface area contributed by atoms with Crippen molar-refractivity contribution in [1.82, 2.24) is 20.8 Å². The van der Waals surface area contributed by atoms with Crippen molar-refractivity contribution in [2.75, 3.05) is 6.54 Å². The first kappa shape index (κ1) is 27.0. The molecule has 2 aromatic rings. The van der Waals surface area contributed by atoms with Crippen molar-refractivity contribution in [2.45, 2.75) is 76.8 Å². The van der Waals surface area contributed by atoms with Gasteiger partial charge in [0.05, 0.1) is 17.7 Å². The highest BCUT2D eigenvalue weighted by atomic mass is 19.4. The summed E-state index contributed by atoms with van der Waals surface area (Å²) in [5, 5.41) is 9.80. The van der Waals surface area contributed by atoms with E-state index >= 15 is 0 Å². The van der Waals surface area contributed by atoms with Gasteiger partial charge in [-0.2, -0.15) is 31.3 Å². The first-order chi connectivity index (χ1) is 16.1. The number of benzene rings is 1. The number of hydrogen-bond donors (Lipinski definition) is 2. The molecular formula is C23H28F6N4O2. The molecule has 1 aliphatic rings. The van der Waals surface area contributed by atoms with Crippen LogP contribution in [0, 0.1) is 5.92 Å². The van der Waals surface area contributed by atoms with Gasteiger partial charge in [-0.1, -0.05) is 25.9 Å². The summed E-state index contributed by atoms with van der Waals surface area (Å²) in [6, 6.07) is 0.578. The van der Waals surface area contributed by atoms with Gasteiger partial charge in [0.1, 0.15) is 0 Å². The molecule has 0 saturated heterocycles. The Labute approximate surface area is 198 Å². The average molecular weight is 506 g/mol. The molecule has 3 rings (SSSR count). The third-order valence-corrected chi connectivity index (χ3v) is 5.86. The van der Waals surface area contributed by atoms with Gasteiger partial charge in [0.25, 0.3) is 5.91 Å². The molecule has 1 heterocycles. The van der Waals surface area contributed by atoms with Gasteiger partial charge in [0, 0.05) is 17.0 Å². The van der Waals surface area contributed by atoms with E-state index in [2.05, 4.69) is 20.8 Å². The predicted octanol–water partition coefficient (Wildman–Crippen LogP) is 5.48. The van der Waals surface area contributed by atoms with Crippen LogP contribution in [-0.4, -0.2) is 28.6 Å². The van der Waals surface area contributed by atoms with Gasteiger partial charge < -0.3 is 15.2 Å². The van der Waals surface area contributed by atoms with Crippen molar-refractivity contribution in [2.24, 2.45) is 5.92 Å². The van der Waals surface area contributed by atoms with Crippen LogP contribution < -0.4 is 10.6 Å². The van der Waals surface area contributed by atoms with Crippen LogP contribution >= 0.6 is 0 Å². The number of alkyl halides is 6. The highest BCUT2D eigenvalue weighted by Crippen LogP contribution is 2.36. The highest BCUT2D eigenvalue weighted by Gasteiger charge is 2.37. The van der Waals surface area contributed by atoms with Gasteiger partial charge in [0.15, 0.2) is 5.82 Å². The van der Waals surface area contributed by atoms with Crippen LogP contribution in [0.15, 0.2) is 22.7 Å². The lowest BCUT2D eigenvalue weighted by molar-refractivity contribution is -0.143. The second-order valence-corrected chi connectivity index (χ2v) is 9.88. The summed E-state index contributed by atoms with van der Waals surface area (Å²) in [7, 11) is 0. The van der Waals surface area contributed by atoms with Crippen molar-refractivity contribution in [3.05, 3.63) is 46.6 Å². The maximum atomic E-state index is 13.0. The zero-order valence-electron chi connectivity index (χ0n) is 19.6. The molecule has 0 atom stereocenters. The molecule has 0 radical (unpaired) electrons. The number of amides is 1. The van der Waals surface area contributed by atoms with Crippen LogP contribution in [0.3, 0.4) is 0 Å². The van der Waals surface area contributed by atoms with Crippen molar-refractivity contribution in [3.63, 3.8) is 0 Å². The van der Waals surface area contributed by atoms with Crippen molar-refractivity contribution in [1.29, 1.82) is 0 Å². The quantitative estimate of drug-likeness (QED) is 0.507. The fraction of sp³-hybridized carbons (Fsp3) is 0.609. The van der Waals surface area contributed by atoms with Crippen LogP contribution in [0.2, 0.25) is 0 Å². The molecule has 1 aliphatic carbocycles. The largest absolute Gasteiger partial charge is 0.416 e. The molecule has 1 fully saturated rings. The van der Waals surface area contributed by atoms with E-state index < -0.39 is 35.0 Å². The summed E-state index contributed by atoms with van der Waals surface area (Å²) in [6.45, 7) is 7.03. The van der Waals surface area contributed by atoms with E-state index in [0.29, 0.717) is 55.7 Å². The number of hydrogen-bond acceptors (Lipinski definition) is 5. The van der Waals surface area contributed by atoms with E-state index in [-0.39, 0.29) is 17.5 Å². The second kappa shape index (κ2) is 10.2. The lowest BCUT2D eigenvalue weighted by atomic mass is 9.86. The number of carbonyl (C=O) groups excluding carboxylic acids is 1. The minimum Gasteiger partial charge on any atom is -0.349 e. The fourth-order valence-corrected chi connectivity index (χ4v) is 3.88. The Kier molecular flexibility index (Phi) is 7.83. The number of carbonyl (C=O) groups is 1. The number of rotatable bonds is 6. The molecule has 0 aliphatic heterocycles. The van der Waals surface area contributed by atoms with Crippen LogP contribution in [0.1, 0.15) is 79.7 Å². The van der Waals surface area contributed by atoms with E-state index in [1.807, 2.05) is 20.8 Å². The van der Waals surface area contributed by atoms with Gasteiger partial charge in [0.2, 0.25) is 5.89 Å². The zero-order chi connectivity index (χ0) is 26.0. The topological polar surface area (TPSA) is 80.0 Å². The number of nitrogens with one attached hydrogen (secondary N) is 2. The van der Waals surface area contributed by atoms with E-state index in [0.717, 1.165) is 12.8 Å². The van der Waals surface area contributed by atoms with Gasteiger partial charge in [-0.3, -0.25) is 4.79 Å². The minimum atomic E-state index is -5.00. The molecule has 12 heteroatoms. The molecule has 1 amide bonds. The monoisotopic (exact) mass is 506 g/mol. The molecule has 35 heavy (non-hydrogen) atoms. The predicted molar refractivity (Wildman–Crippen MR) is 114 cm³/mol. The van der Waals surface area contributed by atoms with Crippen LogP contribution in [0.4, 0.5) is 26.3 Å². The Morgan fingerprint density at radius 3 is 2.03 bits per heavy atom. The summed E-state index contributed by atoms with van der Waals surface area (Å²) >= 11 is 0. The lowest BCUT2D eigenvalue weighted by Gasteiger charge is -2.29. The van der Waals surface area contributed by atoms with Crippen LogP contribution in [0.5, 0.6) is 0 Å². The molecule has 0 unspecified atom stereocenters. The van der Waals surface area contributed by atoms with Crippen LogP contribution in [0.25, 0.3) is 0 Å². The SMILES string of the molecule is CC(C)(C)c1nc(CNCC2CCC(NC(=O)c3cc(C(F)(F)F)cc(C(F)(F)F)c3)CC2)no1. The second-order valence-electron chi connectivity index (χ2n) is 9.88. The Bertz CT molecular complexity index is 986. The van der Waals surface area contributed by atoms with Crippen molar-refractivity contribution in [3.8, 4) is 0 Å². The average Bonchev–Trinajstić information content (AvgIpc) is 3.23. The van der Waals surface area contributed by atoms with Crippen molar-refractivity contribution < 1.29 is 35.7 Å². The summed E-state index contributed by atoms with van der Waals surface area (Å²) < 4.78 is 83.5. The maximum absolute atomic E-state index is 13.0. The number of aromatic nitrogens is 2. The minimum absolute atomic E-state index is 0.00743. The molecule has 0 bridgehead atoms. The van der Waals surface area contributed by atoms with E-state index in [4.69, 9.17) is 4.52 Å². The maximum Gasteiger partial charge on any atom is 0.416 e. The summed E-state index contributed by atoms with van der Waals surface area (Å²) in [6.07, 6.45) is -7.38. The van der Waals surface area contributed by atoms with Gasteiger partial charge in [-0.25, -0.2) is 0 Å². The summed E-state index contributed by atoms with van der Waals surface area (Å²) in [4.78, 5) is 16.8. The molecule has 6 nitrogen and oxygen atoms in total. The summed E-state index contributed by atoms with van der Waals surface area (Å²) in [5.41, 5.74) is -3.92. The third kappa shape index (κ3) is 7.42. The molecule has 1 aromatic carbocycles. The number of nitrogens with zero attached hydrogens (tertiary/aromatic N) is 2. The Morgan fingerprint density at radius 2 is 1.54 bits per heavy atom. The zero-order valence-corrected chi connectivity index (χ0v) is 19.6. The standard InChI is InChI=1S/C23H28F6N4O2/c1-21(2,3)20-32-18(33-35-20)12-30-11-13-4-6-17(7-5-13)31-19(34)14-8-15(22(24,25)26)10-16(9-14)23(27,28)29/h8-10,13,17,30H,4-7,11-12H2,1-3H3,(H,31,34). The Balaban J connectivity index is 1.51. The van der Waals surface area contributed by atoms with Gasteiger partial charge >= 0.3 is 12.4 Å². The number of halogens is 6. The van der Waals surface area contributed by atoms with Crippen molar-refractivity contribution >= 4 is 5.91 Å². The molecule has 194 valence electrons. The Morgan fingerprint density at radius 1 is 0.971 bits per heavy atom. The molecule has 2 N–H and O–H groups in total. The third-order valence-electron chi connectivity index (χ3n) is 5.86. The first-order valence-electron chi connectivity index (χ1n) is 11.3. The molecular weight excluding hydrogens is 478 g/mol. The Hall–Kier alpha value is -2.63. The molecule has 0 spiro atoms. The molecule has 1 saturated carbocycles.